The standard InChI is InChI=1S/C24H38O5/c1-16-8-7-9-17(2)14-22-21(18(3)15-27-19(4)25)12-13-24(6,29-22)23(11-10-16)28-20(5)26/h8,14,18,21-23H,7,9-13,15H2,1-6H3. The van der Waals surface area contributed by atoms with E-state index in [4.69, 9.17) is 14.2 Å². The summed E-state index contributed by atoms with van der Waals surface area (Å²) < 4.78 is 17.7. The van der Waals surface area contributed by atoms with E-state index in [1.807, 2.05) is 0 Å². The lowest BCUT2D eigenvalue weighted by Gasteiger charge is -2.47. The summed E-state index contributed by atoms with van der Waals surface area (Å²) in [4.78, 5) is 23.0. The normalized spacial score (nSPS) is 32.0. The molecule has 2 aliphatic heterocycles. The molecular weight excluding hydrogens is 368 g/mol. The summed E-state index contributed by atoms with van der Waals surface area (Å²) in [6.07, 6.45) is 9.61. The Morgan fingerprint density at radius 3 is 2.55 bits per heavy atom. The molecule has 1 fully saturated rings. The van der Waals surface area contributed by atoms with Crippen LogP contribution >= 0.6 is 0 Å². The Hall–Kier alpha value is -1.62. The van der Waals surface area contributed by atoms with E-state index >= 15 is 0 Å². The van der Waals surface area contributed by atoms with Gasteiger partial charge in [0.2, 0.25) is 0 Å². The first kappa shape index (κ1) is 23.7. The molecular formula is C24H38O5. The van der Waals surface area contributed by atoms with Crippen molar-refractivity contribution in [3.8, 4) is 0 Å². The molecule has 2 bridgehead atoms. The van der Waals surface area contributed by atoms with Crippen LogP contribution in [-0.4, -0.2) is 36.4 Å². The summed E-state index contributed by atoms with van der Waals surface area (Å²) in [7, 11) is 0. The van der Waals surface area contributed by atoms with Gasteiger partial charge in [-0.05, 0) is 71.1 Å². The SMILES string of the molecule is CC(=O)OCC(C)C1CCC2(C)OC1C=C(C)CCC=C(C)CCC2OC(C)=O. The zero-order valence-electron chi connectivity index (χ0n) is 19.0. The summed E-state index contributed by atoms with van der Waals surface area (Å²) in [5, 5.41) is 0. The van der Waals surface area contributed by atoms with Crippen LogP contribution in [0.5, 0.6) is 0 Å². The van der Waals surface area contributed by atoms with E-state index in [1.54, 1.807) is 0 Å². The van der Waals surface area contributed by atoms with Crippen molar-refractivity contribution in [3.05, 3.63) is 23.3 Å². The molecule has 0 spiro atoms. The number of hydrogen-bond acceptors (Lipinski definition) is 5. The molecule has 0 N–H and O–H groups in total. The Labute approximate surface area is 175 Å². The van der Waals surface area contributed by atoms with Gasteiger partial charge in [0.15, 0.2) is 0 Å². The van der Waals surface area contributed by atoms with Gasteiger partial charge in [0, 0.05) is 13.8 Å². The molecule has 0 radical (unpaired) electrons. The molecule has 29 heavy (non-hydrogen) atoms. The minimum Gasteiger partial charge on any atom is -0.466 e. The maximum atomic E-state index is 11.8. The number of carbonyl (C=O) groups excluding carboxylic acids is 2. The molecule has 5 unspecified atom stereocenters. The van der Waals surface area contributed by atoms with Crippen LogP contribution in [0.25, 0.3) is 0 Å². The van der Waals surface area contributed by atoms with Crippen LogP contribution in [0.4, 0.5) is 0 Å². The number of rotatable bonds is 4. The van der Waals surface area contributed by atoms with E-state index in [0.717, 1.165) is 38.5 Å². The number of esters is 2. The lowest BCUT2D eigenvalue weighted by molar-refractivity contribution is -0.203. The monoisotopic (exact) mass is 406 g/mol. The topological polar surface area (TPSA) is 61.8 Å². The van der Waals surface area contributed by atoms with Crippen LogP contribution in [0.2, 0.25) is 0 Å². The second-order valence-electron chi connectivity index (χ2n) is 9.12. The van der Waals surface area contributed by atoms with Crippen LogP contribution in [0, 0.1) is 11.8 Å². The Morgan fingerprint density at radius 1 is 1.17 bits per heavy atom. The van der Waals surface area contributed by atoms with Crippen LogP contribution in [-0.2, 0) is 23.8 Å². The maximum absolute atomic E-state index is 11.8. The molecule has 1 saturated heterocycles. The van der Waals surface area contributed by atoms with Crippen LogP contribution < -0.4 is 0 Å². The first-order chi connectivity index (χ1) is 13.6. The fourth-order valence-electron chi connectivity index (χ4n) is 4.51. The van der Waals surface area contributed by atoms with E-state index in [0.29, 0.717) is 6.61 Å². The molecule has 0 aliphatic carbocycles. The van der Waals surface area contributed by atoms with Gasteiger partial charge in [-0.3, -0.25) is 9.59 Å². The molecule has 5 nitrogen and oxygen atoms in total. The Bertz CT molecular complexity index is 650. The quantitative estimate of drug-likeness (QED) is 0.478. The number of ether oxygens (including phenoxy) is 3. The van der Waals surface area contributed by atoms with Gasteiger partial charge in [-0.2, -0.15) is 0 Å². The lowest BCUT2D eigenvalue weighted by atomic mass is 9.76. The van der Waals surface area contributed by atoms with E-state index < -0.39 is 5.60 Å². The highest BCUT2D eigenvalue weighted by atomic mass is 16.6. The summed E-state index contributed by atoms with van der Waals surface area (Å²) in [6.45, 7) is 11.8. The highest BCUT2D eigenvalue weighted by Gasteiger charge is 2.46. The summed E-state index contributed by atoms with van der Waals surface area (Å²) in [5.74, 6) is -0.0571. The zero-order valence-corrected chi connectivity index (χ0v) is 19.0. The average molecular weight is 407 g/mol. The van der Waals surface area contributed by atoms with Crippen molar-refractivity contribution in [3.63, 3.8) is 0 Å². The molecule has 164 valence electrons. The second kappa shape index (κ2) is 10.4. The fraction of sp³-hybridized carbons (Fsp3) is 0.750. The lowest BCUT2D eigenvalue weighted by Crippen LogP contribution is -2.52. The van der Waals surface area contributed by atoms with Gasteiger partial charge < -0.3 is 14.2 Å². The van der Waals surface area contributed by atoms with Crippen LogP contribution in [0.1, 0.15) is 80.1 Å². The summed E-state index contributed by atoms with van der Waals surface area (Å²) in [6, 6.07) is 0. The molecule has 5 heteroatoms. The van der Waals surface area contributed by atoms with Gasteiger partial charge in [-0.1, -0.05) is 30.2 Å². The van der Waals surface area contributed by atoms with E-state index in [1.165, 1.54) is 25.0 Å². The van der Waals surface area contributed by atoms with Gasteiger partial charge in [-0.15, -0.1) is 0 Å². The van der Waals surface area contributed by atoms with Gasteiger partial charge in [0.05, 0.1) is 12.7 Å². The van der Waals surface area contributed by atoms with Gasteiger partial charge in [0.25, 0.3) is 0 Å². The van der Waals surface area contributed by atoms with Crippen molar-refractivity contribution in [1.29, 1.82) is 0 Å². The second-order valence-corrected chi connectivity index (χ2v) is 9.12. The minimum atomic E-state index is -0.524. The molecule has 2 heterocycles. The van der Waals surface area contributed by atoms with Crippen molar-refractivity contribution >= 4 is 11.9 Å². The highest BCUT2D eigenvalue weighted by Crippen LogP contribution is 2.41. The smallest absolute Gasteiger partial charge is 0.303 e. The van der Waals surface area contributed by atoms with Gasteiger partial charge in [0.1, 0.15) is 11.7 Å². The third-order valence-corrected chi connectivity index (χ3v) is 6.35. The molecule has 0 aromatic heterocycles. The number of allylic oxidation sites excluding steroid dienone is 3. The van der Waals surface area contributed by atoms with E-state index in [2.05, 4.69) is 39.8 Å². The Balaban J connectivity index is 2.31. The number of carbonyl (C=O) groups is 2. The van der Waals surface area contributed by atoms with Crippen molar-refractivity contribution in [2.75, 3.05) is 6.61 Å². The molecule has 0 amide bonds. The molecule has 0 aromatic carbocycles. The molecule has 0 saturated carbocycles. The van der Waals surface area contributed by atoms with Crippen molar-refractivity contribution in [1.82, 2.24) is 0 Å². The Kier molecular flexibility index (Phi) is 8.50. The van der Waals surface area contributed by atoms with Crippen molar-refractivity contribution < 1.29 is 23.8 Å². The number of fused-ring (bicyclic) bond motifs is 2. The predicted molar refractivity (Wildman–Crippen MR) is 113 cm³/mol. The van der Waals surface area contributed by atoms with Gasteiger partial charge >= 0.3 is 11.9 Å². The van der Waals surface area contributed by atoms with Crippen molar-refractivity contribution in [2.24, 2.45) is 11.8 Å². The first-order valence-electron chi connectivity index (χ1n) is 10.9. The molecule has 2 aliphatic rings. The molecule has 0 aromatic rings. The maximum Gasteiger partial charge on any atom is 0.303 e. The van der Waals surface area contributed by atoms with Gasteiger partial charge in [-0.25, -0.2) is 0 Å². The molecule has 2 rings (SSSR count). The third-order valence-electron chi connectivity index (χ3n) is 6.35. The molecule has 5 atom stereocenters. The summed E-state index contributed by atoms with van der Waals surface area (Å²) >= 11 is 0. The summed E-state index contributed by atoms with van der Waals surface area (Å²) in [5.41, 5.74) is 2.11. The third kappa shape index (κ3) is 6.98. The van der Waals surface area contributed by atoms with Crippen LogP contribution in [0.15, 0.2) is 23.3 Å². The zero-order chi connectivity index (χ0) is 21.6. The first-order valence-corrected chi connectivity index (χ1v) is 10.9. The average Bonchev–Trinajstić information content (AvgIpc) is 2.62. The minimum absolute atomic E-state index is 0.0816. The highest BCUT2D eigenvalue weighted by molar-refractivity contribution is 5.66. The number of hydrogen-bond donors (Lipinski definition) is 0. The Morgan fingerprint density at radius 2 is 1.90 bits per heavy atom. The van der Waals surface area contributed by atoms with Crippen molar-refractivity contribution in [2.45, 2.75) is 97.9 Å². The van der Waals surface area contributed by atoms with Crippen LogP contribution in [0.3, 0.4) is 0 Å². The van der Waals surface area contributed by atoms with E-state index in [-0.39, 0.29) is 36.0 Å². The predicted octanol–water partition coefficient (Wildman–Crippen LogP) is 5.14. The van der Waals surface area contributed by atoms with E-state index in [9.17, 15) is 9.59 Å². The largest absolute Gasteiger partial charge is 0.466 e. The fourth-order valence-corrected chi connectivity index (χ4v) is 4.51.